The lowest BCUT2D eigenvalue weighted by Crippen LogP contribution is -2.35. The van der Waals surface area contributed by atoms with Gasteiger partial charge >= 0.3 is 0 Å². The summed E-state index contributed by atoms with van der Waals surface area (Å²) in [6.45, 7) is 2.15. The van der Waals surface area contributed by atoms with Gasteiger partial charge in [-0.25, -0.2) is 13.2 Å². The molecule has 1 fully saturated rings. The first kappa shape index (κ1) is 20.5. The lowest BCUT2D eigenvalue weighted by atomic mass is 9.58. The zero-order chi connectivity index (χ0) is 20.5. The molecule has 2 aromatic carbocycles. The molecular weight excluding hydrogens is 393 g/mol. The molecule has 0 aliphatic heterocycles. The molecular formula is C25H26ClF3. The van der Waals surface area contributed by atoms with Crippen LogP contribution in [0.5, 0.6) is 0 Å². The number of halogens is 4. The van der Waals surface area contributed by atoms with Crippen molar-refractivity contribution in [3.8, 4) is 0 Å². The lowest BCUT2D eigenvalue weighted by molar-refractivity contribution is 0.193. The van der Waals surface area contributed by atoms with Gasteiger partial charge in [-0.3, -0.25) is 0 Å². The highest BCUT2D eigenvalue weighted by molar-refractivity contribution is 6.30. The third-order valence-corrected chi connectivity index (χ3v) is 7.05. The second-order valence-corrected chi connectivity index (χ2v) is 8.83. The molecule has 0 aromatic heterocycles. The van der Waals surface area contributed by atoms with Crippen molar-refractivity contribution in [1.82, 2.24) is 0 Å². The van der Waals surface area contributed by atoms with Gasteiger partial charge in [-0.05, 0) is 90.7 Å². The smallest absolute Gasteiger partial charge is 0.142 e. The lowest BCUT2D eigenvalue weighted by Gasteiger charge is -2.46. The first-order chi connectivity index (χ1) is 14.0. The Labute approximate surface area is 175 Å². The van der Waals surface area contributed by atoms with E-state index in [1.807, 2.05) is 6.07 Å². The number of hydrogen-bond donors (Lipinski definition) is 0. The number of rotatable bonds is 4. The van der Waals surface area contributed by atoms with Crippen molar-refractivity contribution in [2.24, 2.45) is 11.8 Å². The maximum absolute atomic E-state index is 14.4. The number of allylic oxidation sites excluding steroid dienone is 2. The summed E-state index contributed by atoms with van der Waals surface area (Å²) in [5.74, 6) is -0.608. The Morgan fingerprint density at radius 1 is 1.03 bits per heavy atom. The zero-order valence-electron chi connectivity index (χ0n) is 16.6. The maximum Gasteiger partial charge on any atom is 0.142 e. The predicted octanol–water partition coefficient (Wildman–Crippen LogP) is 7.95. The molecule has 0 N–H and O–H groups in total. The summed E-state index contributed by atoms with van der Waals surface area (Å²) in [6, 6.07) is 7.60. The fourth-order valence-corrected chi connectivity index (χ4v) is 5.61. The van der Waals surface area contributed by atoms with Crippen molar-refractivity contribution < 1.29 is 13.2 Å². The van der Waals surface area contributed by atoms with Crippen LogP contribution in [0.25, 0.3) is 0 Å². The summed E-state index contributed by atoms with van der Waals surface area (Å²) in [5.41, 5.74) is 2.41. The molecule has 2 aliphatic rings. The maximum atomic E-state index is 14.4. The molecule has 4 atom stereocenters. The summed E-state index contributed by atoms with van der Waals surface area (Å²) in [4.78, 5) is 0. The van der Waals surface area contributed by atoms with Crippen LogP contribution in [-0.2, 0) is 6.42 Å². The van der Waals surface area contributed by atoms with E-state index in [4.69, 9.17) is 11.6 Å². The molecule has 2 aromatic rings. The van der Waals surface area contributed by atoms with Gasteiger partial charge in [0.1, 0.15) is 17.5 Å². The minimum Gasteiger partial charge on any atom is -0.207 e. The second-order valence-electron chi connectivity index (χ2n) is 8.42. The Balaban J connectivity index is 1.75. The van der Waals surface area contributed by atoms with Crippen LogP contribution in [-0.4, -0.2) is 0 Å². The van der Waals surface area contributed by atoms with Crippen molar-refractivity contribution in [2.45, 2.75) is 57.3 Å². The summed E-state index contributed by atoms with van der Waals surface area (Å²) < 4.78 is 42.7. The summed E-state index contributed by atoms with van der Waals surface area (Å²) in [7, 11) is 0. The normalized spacial score (nSPS) is 26.4. The van der Waals surface area contributed by atoms with Crippen LogP contribution in [0.2, 0.25) is 5.02 Å². The molecule has 0 radical (unpaired) electrons. The Bertz CT molecular complexity index is 921. The van der Waals surface area contributed by atoms with E-state index < -0.39 is 17.5 Å². The fourth-order valence-electron chi connectivity index (χ4n) is 5.50. The standard InChI is InChI=1S/C25H26ClF3/c1-2-3-4-5-15-6-8-18-20(25(15)16-7-11-22(26)24(29)12-16)10-9-19-21(18)13-17(27)14-23(19)28/h4-5,7,11-15,18,20,25H,2-3,6,8-10H2,1H3. The van der Waals surface area contributed by atoms with Crippen molar-refractivity contribution in [1.29, 1.82) is 0 Å². The zero-order valence-corrected chi connectivity index (χ0v) is 17.4. The molecule has 0 heterocycles. The van der Waals surface area contributed by atoms with Crippen LogP contribution in [0.15, 0.2) is 42.5 Å². The summed E-state index contributed by atoms with van der Waals surface area (Å²) >= 11 is 5.93. The molecule has 1 saturated carbocycles. The first-order valence-electron chi connectivity index (χ1n) is 10.6. The summed E-state index contributed by atoms with van der Waals surface area (Å²) in [6.07, 6.45) is 9.85. The van der Waals surface area contributed by atoms with Crippen LogP contribution < -0.4 is 0 Å². The highest BCUT2D eigenvalue weighted by Gasteiger charge is 2.43. The third kappa shape index (κ3) is 3.99. The van der Waals surface area contributed by atoms with Crippen molar-refractivity contribution in [3.63, 3.8) is 0 Å². The Kier molecular flexibility index (Phi) is 6.06. The van der Waals surface area contributed by atoms with E-state index in [2.05, 4.69) is 19.1 Å². The molecule has 154 valence electrons. The van der Waals surface area contributed by atoms with Gasteiger partial charge < -0.3 is 0 Å². The van der Waals surface area contributed by atoms with E-state index in [0.717, 1.165) is 49.3 Å². The van der Waals surface area contributed by atoms with Crippen molar-refractivity contribution >= 4 is 11.6 Å². The Morgan fingerprint density at radius 3 is 2.62 bits per heavy atom. The molecule has 4 heteroatoms. The number of fused-ring (bicyclic) bond motifs is 3. The highest BCUT2D eigenvalue weighted by Crippen LogP contribution is 2.54. The Hall–Kier alpha value is -1.74. The quantitative estimate of drug-likeness (QED) is 0.442. The van der Waals surface area contributed by atoms with Gasteiger partial charge in [0.25, 0.3) is 0 Å². The van der Waals surface area contributed by atoms with Gasteiger partial charge in [-0.15, -0.1) is 0 Å². The van der Waals surface area contributed by atoms with Crippen molar-refractivity contribution in [2.75, 3.05) is 0 Å². The molecule has 0 bridgehead atoms. The van der Waals surface area contributed by atoms with Gasteiger partial charge in [0.15, 0.2) is 0 Å². The molecule has 0 saturated heterocycles. The van der Waals surface area contributed by atoms with E-state index in [-0.39, 0.29) is 22.8 Å². The van der Waals surface area contributed by atoms with Gasteiger partial charge in [0, 0.05) is 6.07 Å². The van der Waals surface area contributed by atoms with Crippen LogP contribution >= 0.6 is 11.6 Å². The van der Waals surface area contributed by atoms with E-state index in [9.17, 15) is 13.2 Å². The average molecular weight is 419 g/mol. The minimum absolute atomic E-state index is 0.100. The topological polar surface area (TPSA) is 0 Å². The van der Waals surface area contributed by atoms with Gasteiger partial charge in [-0.1, -0.05) is 43.2 Å². The Morgan fingerprint density at radius 2 is 1.86 bits per heavy atom. The largest absolute Gasteiger partial charge is 0.207 e. The molecule has 2 aliphatic carbocycles. The molecule has 0 nitrogen and oxygen atoms in total. The molecule has 0 amide bonds. The highest BCUT2D eigenvalue weighted by atomic mass is 35.5. The van der Waals surface area contributed by atoms with E-state index >= 15 is 0 Å². The number of benzene rings is 2. The van der Waals surface area contributed by atoms with E-state index in [1.54, 1.807) is 12.1 Å². The molecule has 4 unspecified atom stereocenters. The number of hydrogen-bond acceptors (Lipinski definition) is 0. The van der Waals surface area contributed by atoms with Crippen LogP contribution in [0.1, 0.15) is 67.6 Å². The average Bonchev–Trinajstić information content (AvgIpc) is 2.69. The van der Waals surface area contributed by atoms with Gasteiger partial charge in [0.2, 0.25) is 0 Å². The van der Waals surface area contributed by atoms with Crippen LogP contribution in [0.4, 0.5) is 13.2 Å². The minimum atomic E-state index is -0.513. The third-order valence-electron chi connectivity index (χ3n) is 6.74. The fraction of sp³-hybridized carbons (Fsp3) is 0.440. The summed E-state index contributed by atoms with van der Waals surface area (Å²) in [5, 5.41) is 0.123. The predicted molar refractivity (Wildman–Crippen MR) is 112 cm³/mol. The molecule has 0 spiro atoms. The van der Waals surface area contributed by atoms with E-state index in [1.165, 1.54) is 6.07 Å². The monoisotopic (exact) mass is 418 g/mol. The van der Waals surface area contributed by atoms with Gasteiger partial charge in [-0.2, -0.15) is 0 Å². The van der Waals surface area contributed by atoms with Gasteiger partial charge in [0.05, 0.1) is 5.02 Å². The molecule has 4 rings (SSSR count). The van der Waals surface area contributed by atoms with E-state index in [0.29, 0.717) is 17.9 Å². The van der Waals surface area contributed by atoms with Crippen LogP contribution in [0.3, 0.4) is 0 Å². The first-order valence-corrected chi connectivity index (χ1v) is 11.0. The van der Waals surface area contributed by atoms with Crippen molar-refractivity contribution in [3.05, 3.63) is 81.6 Å². The second kappa shape index (κ2) is 8.55. The number of unbranched alkanes of at least 4 members (excludes halogenated alkanes) is 1. The van der Waals surface area contributed by atoms with Crippen LogP contribution in [0, 0.1) is 29.3 Å². The SMILES string of the molecule is CCCC=CC1CCC2c3cc(F)cc(F)c3CCC2C1c1ccc(Cl)c(F)c1. The molecule has 29 heavy (non-hydrogen) atoms.